The molecule has 9 aromatic carbocycles. The van der Waals surface area contributed by atoms with Crippen molar-refractivity contribution in [1.29, 1.82) is 0 Å². The topological polar surface area (TPSA) is 42.7 Å². The number of anilines is 3. The molecular weight excluding hydrogens is 711 g/mol. The summed E-state index contributed by atoms with van der Waals surface area (Å²) in [6, 6.07) is 70.4. The van der Waals surface area contributed by atoms with E-state index in [2.05, 4.69) is 169 Å². The van der Waals surface area contributed by atoms with Crippen LogP contribution in [0.15, 0.2) is 213 Å². The first-order valence-corrected chi connectivity index (χ1v) is 19.6. The number of fused-ring (bicyclic) bond motifs is 9. The Hall–Kier alpha value is -7.82. The molecule has 0 aliphatic carbocycles. The highest BCUT2D eigenvalue weighted by molar-refractivity contribution is 6.10. The van der Waals surface area contributed by atoms with Gasteiger partial charge in [-0.15, -0.1) is 0 Å². The van der Waals surface area contributed by atoms with E-state index < -0.39 is 0 Å². The maximum atomic E-state index is 6.49. The van der Waals surface area contributed by atoms with E-state index in [-0.39, 0.29) is 0 Å². The summed E-state index contributed by atoms with van der Waals surface area (Å²) in [7, 11) is 0. The van der Waals surface area contributed by atoms with Crippen molar-refractivity contribution in [3.63, 3.8) is 0 Å². The molecule has 0 N–H and O–H groups in total. The highest BCUT2D eigenvalue weighted by Crippen LogP contribution is 2.48. The molecule has 0 spiro atoms. The lowest BCUT2D eigenvalue weighted by Crippen LogP contribution is -2.11. The summed E-state index contributed by atoms with van der Waals surface area (Å²) in [5, 5.41) is 6.58. The lowest BCUT2D eigenvalue weighted by atomic mass is 9.86. The fraction of sp³-hybridized carbons (Fsp3) is 0. The third-order valence-corrected chi connectivity index (χ3v) is 11.5. The second-order valence-corrected chi connectivity index (χ2v) is 14.8. The van der Waals surface area contributed by atoms with Crippen LogP contribution in [0.2, 0.25) is 0 Å². The predicted octanol–water partition coefficient (Wildman–Crippen LogP) is 15.9. The molecule has 0 aliphatic heterocycles. The molecule has 4 nitrogen and oxygen atoms in total. The minimum absolute atomic E-state index is 0.829. The van der Waals surface area contributed by atoms with Gasteiger partial charge in [-0.25, -0.2) is 0 Å². The van der Waals surface area contributed by atoms with Crippen molar-refractivity contribution in [1.82, 2.24) is 0 Å². The highest BCUT2D eigenvalue weighted by Gasteiger charge is 2.23. The number of para-hydroxylation sites is 3. The molecule has 0 aliphatic rings. The van der Waals surface area contributed by atoms with Crippen molar-refractivity contribution in [3.05, 3.63) is 200 Å². The van der Waals surface area contributed by atoms with Crippen LogP contribution < -0.4 is 4.90 Å². The van der Waals surface area contributed by atoms with E-state index in [1.165, 1.54) is 0 Å². The molecule has 0 fully saturated rings. The fourth-order valence-corrected chi connectivity index (χ4v) is 8.79. The van der Waals surface area contributed by atoms with E-state index in [0.717, 1.165) is 116 Å². The van der Waals surface area contributed by atoms with Crippen LogP contribution in [0, 0.1) is 0 Å². The average Bonchev–Trinajstić information content (AvgIpc) is 3.97. The Labute approximate surface area is 333 Å². The Morgan fingerprint density at radius 2 is 0.638 bits per heavy atom. The average molecular weight is 744 g/mol. The molecule has 4 heteroatoms. The Morgan fingerprint density at radius 3 is 1.10 bits per heavy atom. The van der Waals surface area contributed by atoms with Gasteiger partial charge in [-0.2, -0.15) is 0 Å². The first-order valence-electron chi connectivity index (χ1n) is 19.6. The third-order valence-electron chi connectivity index (χ3n) is 11.5. The molecule has 0 bridgehead atoms. The van der Waals surface area contributed by atoms with E-state index in [9.17, 15) is 0 Å². The van der Waals surface area contributed by atoms with E-state index in [1.807, 2.05) is 36.4 Å². The highest BCUT2D eigenvalue weighted by atomic mass is 16.3. The Bertz CT molecular complexity index is 3340. The molecule has 272 valence electrons. The van der Waals surface area contributed by atoms with Gasteiger partial charge >= 0.3 is 0 Å². The quantitative estimate of drug-likeness (QED) is 0.170. The SMILES string of the molecule is c1ccc(-c2cc(N(c3ccc4c(c3)oc3ccccc34)c3ccc4c(c3)oc3ccccc34)cc(-c3ccccc3)c2-c2ccc3c(c2)oc2ccccc23)cc1. The zero-order valence-corrected chi connectivity index (χ0v) is 31.2. The predicted molar refractivity (Wildman–Crippen MR) is 239 cm³/mol. The number of nitrogens with zero attached hydrogens (tertiary/aromatic N) is 1. The van der Waals surface area contributed by atoms with E-state index in [4.69, 9.17) is 13.3 Å². The first kappa shape index (κ1) is 32.4. The molecule has 3 heterocycles. The largest absolute Gasteiger partial charge is 0.456 e. The maximum absolute atomic E-state index is 6.49. The number of furan rings is 3. The first-order chi connectivity index (χ1) is 28.7. The van der Waals surface area contributed by atoms with Crippen molar-refractivity contribution in [2.24, 2.45) is 0 Å². The zero-order chi connectivity index (χ0) is 38.2. The maximum Gasteiger partial charge on any atom is 0.137 e. The number of rotatable bonds is 6. The van der Waals surface area contributed by atoms with E-state index in [0.29, 0.717) is 0 Å². The Kier molecular flexibility index (Phi) is 7.20. The summed E-state index contributed by atoms with van der Waals surface area (Å²) in [5.74, 6) is 0. The van der Waals surface area contributed by atoms with Gasteiger partial charge in [0.25, 0.3) is 0 Å². The monoisotopic (exact) mass is 743 g/mol. The molecule has 0 radical (unpaired) electrons. The standard InChI is InChI=1S/C54H33NO3/c1-3-13-34(14-4-1)46-30-39(31-47(35-15-5-2-6-16-35)54(46)36-23-26-43-40-17-7-10-20-48(40)56-51(43)29-36)55(37-24-27-44-41-18-8-11-21-49(41)57-52(44)32-37)38-25-28-45-42-19-9-12-22-50(42)58-53(45)33-38/h1-33H. The van der Waals surface area contributed by atoms with Crippen LogP contribution in [-0.4, -0.2) is 0 Å². The molecule has 0 saturated carbocycles. The van der Waals surface area contributed by atoms with Gasteiger partial charge in [0.2, 0.25) is 0 Å². The smallest absolute Gasteiger partial charge is 0.137 e. The molecule has 12 rings (SSSR count). The van der Waals surface area contributed by atoms with Crippen LogP contribution in [0.3, 0.4) is 0 Å². The van der Waals surface area contributed by atoms with Crippen LogP contribution in [0.5, 0.6) is 0 Å². The van der Waals surface area contributed by atoms with Crippen molar-refractivity contribution in [3.8, 4) is 33.4 Å². The van der Waals surface area contributed by atoms with Crippen molar-refractivity contribution in [2.75, 3.05) is 4.90 Å². The van der Waals surface area contributed by atoms with Gasteiger partial charge in [-0.05, 0) is 100 Å². The van der Waals surface area contributed by atoms with E-state index >= 15 is 0 Å². The molecule has 3 aromatic heterocycles. The lowest BCUT2D eigenvalue weighted by Gasteiger charge is -2.28. The van der Waals surface area contributed by atoms with Crippen LogP contribution in [0.1, 0.15) is 0 Å². The van der Waals surface area contributed by atoms with Crippen molar-refractivity contribution in [2.45, 2.75) is 0 Å². The molecule has 0 saturated heterocycles. The summed E-state index contributed by atoms with van der Waals surface area (Å²) < 4.78 is 19.5. The molecule has 12 aromatic rings. The summed E-state index contributed by atoms with van der Waals surface area (Å²) in [6.45, 7) is 0. The number of hydrogen-bond donors (Lipinski definition) is 0. The summed E-state index contributed by atoms with van der Waals surface area (Å²) in [4.78, 5) is 2.32. The third kappa shape index (κ3) is 5.16. The summed E-state index contributed by atoms with van der Waals surface area (Å²) in [6.07, 6.45) is 0. The van der Waals surface area contributed by atoms with Gasteiger partial charge in [-0.3, -0.25) is 0 Å². The van der Waals surface area contributed by atoms with Crippen LogP contribution >= 0.6 is 0 Å². The van der Waals surface area contributed by atoms with Gasteiger partial charge < -0.3 is 18.2 Å². The van der Waals surface area contributed by atoms with Gasteiger partial charge in [0.05, 0.1) is 0 Å². The minimum Gasteiger partial charge on any atom is -0.456 e. The lowest BCUT2D eigenvalue weighted by molar-refractivity contribution is 0.668. The van der Waals surface area contributed by atoms with Gasteiger partial charge in [0, 0.05) is 61.5 Å². The van der Waals surface area contributed by atoms with E-state index in [1.54, 1.807) is 0 Å². The zero-order valence-electron chi connectivity index (χ0n) is 31.2. The molecule has 0 atom stereocenters. The second-order valence-electron chi connectivity index (χ2n) is 14.8. The number of hydrogen-bond acceptors (Lipinski definition) is 4. The van der Waals surface area contributed by atoms with Crippen molar-refractivity contribution >= 4 is 82.9 Å². The Balaban J connectivity index is 1.15. The van der Waals surface area contributed by atoms with Gasteiger partial charge in [0.15, 0.2) is 0 Å². The minimum atomic E-state index is 0.829. The molecule has 0 amide bonds. The van der Waals surface area contributed by atoms with Crippen LogP contribution in [0.25, 0.3) is 99.2 Å². The van der Waals surface area contributed by atoms with Crippen LogP contribution in [-0.2, 0) is 0 Å². The molecular formula is C54H33NO3. The molecule has 0 unspecified atom stereocenters. The van der Waals surface area contributed by atoms with Crippen molar-refractivity contribution < 1.29 is 13.3 Å². The van der Waals surface area contributed by atoms with Gasteiger partial charge in [-0.1, -0.05) is 121 Å². The number of benzene rings is 9. The van der Waals surface area contributed by atoms with Gasteiger partial charge in [0.1, 0.15) is 33.5 Å². The summed E-state index contributed by atoms with van der Waals surface area (Å²) in [5.41, 5.74) is 14.7. The Morgan fingerprint density at radius 1 is 0.259 bits per heavy atom. The summed E-state index contributed by atoms with van der Waals surface area (Å²) >= 11 is 0. The van der Waals surface area contributed by atoms with Crippen LogP contribution in [0.4, 0.5) is 17.1 Å². The molecule has 58 heavy (non-hydrogen) atoms. The normalized spacial score (nSPS) is 11.8. The fourth-order valence-electron chi connectivity index (χ4n) is 8.79. The second kappa shape index (κ2) is 12.9.